The van der Waals surface area contributed by atoms with Crippen LogP contribution in [-0.4, -0.2) is 92.1 Å². The Morgan fingerprint density at radius 3 is 2.54 bits per heavy atom. The number of piperidine rings is 1. The summed E-state index contributed by atoms with van der Waals surface area (Å²) in [7, 11) is 4.55. The average Bonchev–Trinajstić information content (AvgIpc) is 3.07. The number of hydrogen-bond donors (Lipinski definition) is 2. The van der Waals surface area contributed by atoms with Crippen LogP contribution in [0.4, 0.5) is 4.39 Å². The molecule has 0 radical (unpaired) electrons. The first-order valence-corrected chi connectivity index (χ1v) is 15.4. The van der Waals surface area contributed by atoms with Crippen molar-refractivity contribution in [2.45, 2.75) is 44.4 Å². The van der Waals surface area contributed by atoms with E-state index in [9.17, 15) is 18.8 Å². The quantitative estimate of drug-likeness (QED) is 0.400. The summed E-state index contributed by atoms with van der Waals surface area (Å²) >= 11 is 0. The van der Waals surface area contributed by atoms with E-state index in [0.717, 1.165) is 11.1 Å². The van der Waals surface area contributed by atoms with Crippen LogP contribution in [-0.2, 0) is 43.4 Å². The highest BCUT2D eigenvalue weighted by molar-refractivity contribution is 5.85. The second-order valence-corrected chi connectivity index (χ2v) is 11.4. The molecule has 0 unspecified atom stereocenters. The zero-order valence-electron chi connectivity index (χ0n) is 27.1. The van der Waals surface area contributed by atoms with Crippen molar-refractivity contribution < 1.29 is 47.6 Å². The first kappa shape index (κ1) is 35.7. The predicted molar refractivity (Wildman–Crippen MR) is 173 cm³/mol. The Morgan fingerprint density at radius 2 is 1.81 bits per heavy atom. The summed E-state index contributed by atoms with van der Waals surface area (Å²) in [5, 5.41) is 9.92. The molecule has 0 aromatic heterocycles. The highest BCUT2D eigenvalue weighted by Gasteiger charge is 2.33. The zero-order valence-corrected chi connectivity index (χ0v) is 27.1. The van der Waals surface area contributed by atoms with Crippen molar-refractivity contribution in [3.05, 3.63) is 83.2 Å². The lowest BCUT2D eigenvalue weighted by atomic mass is 10.00. The molecular weight excluding hydrogens is 625 g/mol. The Morgan fingerprint density at radius 1 is 1.04 bits per heavy atom. The van der Waals surface area contributed by atoms with E-state index in [-0.39, 0.29) is 68.5 Å². The van der Waals surface area contributed by atoms with Gasteiger partial charge in [-0.05, 0) is 65.9 Å². The fourth-order valence-corrected chi connectivity index (χ4v) is 5.56. The molecule has 0 aliphatic carbocycles. The lowest BCUT2D eigenvalue weighted by molar-refractivity contribution is -0.139. The molecule has 6 rings (SSSR count). The molecule has 12 nitrogen and oxygen atoms in total. The molecule has 1 saturated heterocycles. The average molecular weight is 666 g/mol. The fraction of sp³-hybridized carbons (Fsp3) is 0.371. The molecule has 1 fully saturated rings. The summed E-state index contributed by atoms with van der Waals surface area (Å²) < 4.78 is 37.3. The van der Waals surface area contributed by atoms with Crippen molar-refractivity contribution in [3.8, 4) is 23.0 Å². The van der Waals surface area contributed by atoms with Crippen LogP contribution in [0, 0.1) is 5.82 Å². The minimum absolute atomic E-state index is 0.0152. The van der Waals surface area contributed by atoms with Gasteiger partial charge >= 0.3 is 0 Å². The molecule has 0 saturated carbocycles. The molecule has 3 heterocycles. The van der Waals surface area contributed by atoms with Crippen molar-refractivity contribution in [2.75, 3.05) is 40.9 Å². The number of ether oxygens (including phenoxy) is 4. The molecule has 0 spiro atoms. The molecule has 3 aromatic carbocycles. The van der Waals surface area contributed by atoms with Crippen LogP contribution in [0.15, 0.2) is 60.7 Å². The van der Waals surface area contributed by atoms with Crippen molar-refractivity contribution in [3.63, 3.8) is 0 Å². The van der Waals surface area contributed by atoms with Crippen LogP contribution in [0.25, 0.3) is 0 Å². The maximum absolute atomic E-state index is 14.2. The fourth-order valence-electron chi connectivity index (χ4n) is 5.56. The molecule has 3 aromatic rings. The van der Waals surface area contributed by atoms with Crippen LogP contribution < -0.4 is 19.5 Å². The first-order chi connectivity index (χ1) is 23.1. The van der Waals surface area contributed by atoms with Gasteiger partial charge in [0.05, 0.1) is 45.9 Å². The Hall–Kier alpha value is -5.17. The normalized spacial score (nSPS) is 18.4. The standard InChI is InChI=1S/C34H38FN3O7.CH2O2/c1-37-20-32(39)36-27-13-14-38(34(41)18-23-8-10-28(42-2)26(35)16-23)19-31(27)44-21-24-5-4-6-25(15-24)45-29-11-7-22(9-12-33(37)40)17-30(29)43-3;2-1-3/h4-8,10-11,15-17,27,31H,9,12-14,18-21H2,1-3H3,(H,36,39);1H,(H,2,3)/t27-,31-;/m0./s1. The number of methoxy groups -OCH3 is 2. The number of nitrogens with one attached hydrogen (secondary N) is 1. The van der Waals surface area contributed by atoms with Gasteiger partial charge in [0.15, 0.2) is 23.1 Å². The molecule has 13 heteroatoms. The number of amides is 3. The Balaban J connectivity index is 0.00000167. The number of rotatable bonds is 4. The topological polar surface area (TPSA) is 144 Å². The second kappa shape index (κ2) is 17.1. The van der Waals surface area contributed by atoms with E-state index in [1.54, 1.807) is 25.1 Å². The maximum Gasteiger partial charge on any atom is 0.290 e. The number of likely N-dealkylation sites (tertiary alicyclic amines) is 1. The van der Waals surface area contributed by atoms with Gasteiger partial charge in [-0.2, -0.15) is 0 Å². The van der Waals surface area contributed by atoms with E-state index in [4.69, 9.17) is 28.8 Å². The minimum Gasteiger partial charge on any atom is -0.494 e. The third-order valence-corrected chi connectivity index (χ3v) is 8.08. The van der Waals surface area contributed by atoms with Crippen LogP contribution in [0.5, 0.6) is 23.0 Å². The first-order valence-electron chi connectivity index (χ1n) is 15.4. The number of carboxylic acid groups (broad SMARTS) is 1. The lowest BCUT2D eigenvalue weighted by Crippen LogP contribution is -2.57. The third-order valence-electron chi connectivity index (χ3n) is 8.08. The van der Waals surface area contributed by atoms with Gasteiger partial charge in [-0.25, -0.2) is 4.39 Å². The molecule has 48 heavy (non-hydrogen) atoms. The predicted octanol–water partition coefficient (Wildman–Crippen LogP) is 3.59. The van der Waals surface area contributed by atoms with Gasteiger partial charge in [-0.1, -0.05) is 24.3 Å². The number of likely N-dealkylation sites (N-methyl/N-ethyl adjacent to an activating group) is 1. The molecule has 4 bridgehead atoms. The minimum atomic E-state index is -0.530. The molecular formula is C35H40FN3O9. The van der Waals surface area contributed by atoms with Gasteiger partial charge in [-0.3, -0.25) is 19.2 Å². The Bertz CT molecular complexity index is 1600. The molecule has 2 atom stereocenters. The van der Waals surface area contributed by atoms with Crippen molar-refractivity contribution in [1.29, 1.82) is 0 Å². The smallest absolute Gasteiger partial charge is 0.290 e. The van der Waals surface area contributed by atoms with Crippen molar-refractivity contribution in [1.82, 2.24) is 15.1 Å². The third kappa shape index (κ3) is 9.67. The van der Waals surface area contributed by atoms with Gasteiger partial charge in [0.1, 0.15) is 5.75 Å². The summed E-state index contributed by atoms with van der Waals surface area (Å²) in [5.41, 5.74) is 2.28. The molecule has 256 valence electrons. The van der Waals surface area contributed by atoms with Gasteiger partial charge in [0, 0.05) is 26.6 Å². The number of carbonyl (C=O) groups is 4. The van der Waals surface area contributed by atoms with Crippen LogP contribution in [0.1, 0.15) is 29.5 Å². The van der Waals surface area contributed by atoms with Crippen LogP contribution in [0.3, 0.4) is 0 Å². The number of carbonyl (C=O) groups excluding carboxylic acids is 3. The number of hydrogen-bond acceptors (Lipinski definition) is 8. The number of fused-ring (bicyclic) bond motifs is 9. The number of halogens is 1. The number of aryl methyl sites for hydroxylation is 1. The van der Waals surface area contributed by atoms with Gasteiger partial charge in [-0.15, -0.1) is 0 Å². The Kier molecular flexibility index (Phi) is 12.7. The van der Waals surface area contributed by atoms with E-state index >= 15 is 0 Å². The highest BCUT2D eigenvalue weighted by atomic mass is 19.1. The molecule has 2 N–H and O–H groups in total. The van der Waals surface area contributed by atoms with Gasteiger partial charge in [0.25, 0.3) is 6.47 Å². The van der Waals surface area contributed by atoms with E-state index in [1.807, 2.05) is 42.5 Å². The maximum atomic E-state index is 14.2. The van der Waals surface area contributed by atoms with Gasteiger partial charge < -0.3 is 39.2 Å². The number of benzene rings is 3. The van der Waals surface area contributed by atoms with E-state index < -0.39 is 11.9 Å². The molecule has 3 amide bonds. The number of nitrogens with zero attached hydrogens (tertiary/aromatic N) is 2. The van der Waals surface area contributed by atoms with Crippen molar-refractivity contribution in [2.24, 2.45) is 0 Å². The lowest BCUT2D eigenvalue weighted by Gasteiger charge is -2.39. The molecule has 3 aliphatic rings. The van der Waals surface area contributed by atoms with Gasteiger partial charge in [0.2, 0.25) is 17.7 Å². The summed E-state index contributed by atoms with van der Waals surface area (Å²) in [6.07, 6.45) is 0.635. The zero-order chi connectivity index (χ0) is 34.6. The second-order valence-electron chi connectivity index (χ2n) is 11.4. The highest BCUT2D eigenvalue weighted by Crippen LogP contribution is 2.33. The summed E-state index contributed by atoms with van der Waals surface area (Å²) in [6, 6.07) is 17.1. The van der Waals surface area contributed by atoms with E-state index in [1.165, 1.54) is 24.1 Å². The summed E-state index contributed by atoms with van der Waals surface area (Å²) in [5.74, 6) is 0.602. The molecule has 3 aliphatic heterocycles. The SMILES string of the molecule is COc1ccc(CC(=O)N2CC[C@@H]3NC(=O)CN(C)C(=O)CCc4ccc(c(OC)c4)Oc4cccc(c4)CO[C@H]3C2)cc1F.O=CO. The van der Waals surface area contributed by atoms with Crippen molar-refractivity contribution >= 4 is 24.2 Å². The monoisotopic (exact) mass is 665 g/mol. The summed E-state index contributed by atoms with van der Waals surface area (Å²) in [6.45, 7) is 0.469. The van der Waals surface area contributed by atoms with E-state index in [0.29, 0.717) is 42.2 Å². The van der Waals surface area contributed by atoms with Crippen LogP contribution in [0.2, 0.25) is 0 Å². The largest absolute Gasteiger partial charge is 0.494 e. The van der Waals surface area contributed by atoms with E-state index in [2.05, 4.69) is 5.32 Å². The van der Waals surface area contributed by atoms with Crippen LogP contribution >= 0.6 is 0 Å². The Labute approximate surface area is 278 Å². The summed E-state index contributed by atoms with van der Waals surface area (Å²) in [4.78, 5) is 50.7.